The molecular weight excluding hydrogens is 398 g/mol. The number of ether oxygens (including phenoxy) is 1. The van der Waals surface area contributed by atoms with Crippen LogP contribution in [0.25, 0.3) is 0 Å². The fraction of sp³-hybridized carbons (Fsp3) is 0.143. The molecule has 0 spiro atoms. The molecule has 1 atom stereocenters. The number of hydrogen-bond acceptors (Lipinski definition) is 4. The van der Waals surface area contributed by atoms with Crippen LogP contribution in [-0.2, 0) is 10.0 Å². The molecular formula is C21H20ClNO4S. The van der Waals surface area contributed by atoms with Crippen LogP contribution in [0.15, 0.2) is 89.8 Å². The van der Waals surface area contributed by atoms with Crippen molar-refractivity contribution in [1.82, 2.24) is 0 Å². The average Bonchev–Trinajstić information content (AvgIpc) is 2.73. The van der Waals surface area contributed by atoms with Crippen LogP contribution in [0.4, 0.5) is 5.69 Å². The highest BCUT2D eigenvalue weighted by molar-refractivity contribution is 7.92. The molecule has 0 aliphatic heterocycles. The third-order valence-electron chi connectivity index (χ3n) is 4.01. The van der Waals surface area contributed by atoms with Gasteiger partial charge < -0.3 is 9.84 Å². The molecule has 7 heteroatoms. The molecule has 0 fully saturated rings. The van der Waals surface area contributed by atoms with Gasteiger partial charge >= 0.3 is 0 Å². The summed E-state index contributed by atoms with van der Waals surface area (Å²) in [5.41, 5.74) is 0.469. The Morgan fingerprint density at radius 1 is 0.893 bits per heavy atom. The Hall–Kier alpha value is -2.54. The van der Waals surface area contributed by atoms with E-state index in [9.17, 15) is 13.5 Å². The van der Waals surface area contributed by atoms with Gasteiger partial charge in [0, 0.05) is 5.02 Å². The Morgan fingerprint density at radius 2 is 1.46 bits per heavy atom. The Kier molecular flexibility index (Phi) is 6.57. The van der Waals surface area contributed by atoms with E-state index in [0.717, 1.165) is 0 Å². The third-order valence-corrected chi connectivity index (χ3v) is 6.07. The van der Waals surface area contributed by atoms with Crippen molar-refractivity contribution in [2.75, 3.05) is 17.5 Å². The lowest BCUT2D eigenvalue weighted by Gasteiger charge is -2.27. The van der Waals surface area contributed by atoms with Gasteiger partial charge in [-0.2, -0.15) is 0 Å². The second-order valence-corrected chi connectivity index (χ2v) is 8.40. The SMILES string of the molecule is O=S(=O)(c1ccccc1)N(C[C@@H](O)COc1ccc(Cl)cc1)c1ccccc1. The lowest BCUT2D eigenvalue weighted by Crippen LogP contribution is -2.39. The minimum atomic E-state index is -3.84. The van der Waals surface area contributed by atoms with Crippen molar-refractivity contribution in [3.05, 3.63) is 90.0 Å². The van der Waals surface area contributed by atoms with Crippen LogP contribution in [0.1, 0.15) is 0 Å². The van der Waals surface area contributed by atoms with Crippen molar-refractivity contribution < 1.29 is 18.3 Å². The molecule has 0 aliphatic carbocycles. The molecule has 5 nitrogen and oxygen atoms in total. The van der Waals surface area contributed by atoms with Gasteiger partial charge in [0.1, 0.15) is 18.5 Å². The summed E-state index contributed by atoms with van der Waals surface area (Å²) >= 11 is 5.84. The maximum absolute atomic E-state index is 13.1. The second-order valence-electron chi connectivity index (χ2n) is 6.10. The third kappa shape index (κ3) is 5.04. The zero-order valence-corrected chi connectivity index (χ0v) is 16.6. The van der Waals surface area contributed by atoms with Crippen LogP contribution in [0.5, 0.6) is 5.75 Å². The highest BCUT2D eigenvalue weighted by Crippen LogP contribution is 2.24. The van der Waals surface area contributed by atoms with Crippen molar-refractivity contribution in [3.8, 4) is 5.75 Å². The van der Waals surface area contributed by atoms with Gasteiger partial charge in [-0.3, -0.25) is 4.31 Å². The lowest BCUT2D eigenvalue weighted by molar-refractivity contribution is 0.115. The highest BCUT2D eigenvalue weighted by atomic mass is 35.5. The summed E-state index contributed by atoms with van der Waals surface area (Å²) in [5, 5.41) is 11.0. The van der Waals surface area contributed by atoms with E-state index in [0.29, 0.717) is 16.5 Å². The largest absolute Gasteiger partial charge is 0.491 e. The number of aliphatic hydroxyl groups excluding tert-OH is 1. The average molecular weight is 418 g/mol. The number of halogens is 1. The summed E-state index contributed by atoms with van der Waals surface area (Å²) in [6.07, 6.45) is -1.03. The summed E-state index contributed by atoms with van der Waals surface area (Å²) in [5.74, 6) is 0.542. The Morgan fingerprint density at radius 3 is 2.07 bits per heavy atom. The van der Waals surface area contributed by atoms with Crippen molar-refractivity contribution >= 4 is 27.3 Å². The molecule has 146 valence electrons. The van der Waals surface area contributed by atoms with Crippen molar-refractivity contribution in [2.24, 2.45) is 0 Å². The van der Waals surface area contributed by atoms with Gasteiger partial charge in [0.15, 0.2) is 0 Å². The van der Waals surface area contributed by atoms with Gasteiger partial charge in [-0.15, -0.1) is 0 Å². The molecule has 3 aromatic rings. The minimum absolute atomic E-state index is 0.0602. The molecule has 3 aromatic carbocycles. The number of benzene rings is 3. The molecule has 0 bridgehead atoms. The van der Waals surface area contributed by atoms with Gasteiger partial charge in [0.05, 0.1) is 17.1 Å². The zero-order valence-electron chi connectivity index (χ0n) is 15.0. The van der Waals surface area contributed by atoms with Crippen LogP contribution in [0.3, 0.4) is 0 Å². The molecule has 0 aromatic heterocycles. The molecule has 28 heavy (non-hydrogen) atoms. The fourth-order valence-corrected chi connectivity index (χ4v) is 4.27. The number of rotatable bonds is 8. The highest BCUT2D eigenvalue weighted by Gasteiger charge is 2.27. The first-order chi connectivity index (χ1) is 13.5. The molecule has 0 unspecified atom stereocenters. The number of aliphatic hydroxyl groups is 1. The van der Waals surface area contributed by atoms with Gasteiger partial charge in [-0.05, 0) is 48.5 Å². The standard InChI is InChI=1S/C21H20ClNO4S/c22-17-11-13-20(14-12-17)27-16-19(24)15-23(18-7-3-1-4-8-18)28(25,26)21-9-5-2-6-10-21/h1-14,19,24H,15-16H2/t19-/m1/s1. The lowest BCUT2D eigenvalue weighted by atomic mass is 10.3. The fourth-order valence-electron chi connectivity index (χ4n) is 2.62. The van der Waals surface area contributed by atoms with Crippen LogP contribution in [0.2, 0.25) is 5.02 Å². The predicted molar refractivity (Wildman–Crippen MR) is 110 cm³/mol. The molecule has 0 amide bonds. The smallest absolute Gasteiger partial charge is 0.264 e. The van der Waals surface area contributed by atoms with Gasteiger partial charge in [0.2, 0.25) is 0 Å². The first kappa shape index (κ1) is 20.2. The Bertz CT molecular complexity index is 980. The number of nitrogens with zero attached hydrogens (tertiary/aromatic N) is 1. The van der Waals surface area contributed by atoms with E-state index >= 15 is 0 Å². The van der Waals surface area contributed by atoms with Crippen molar-refractivity contribution in [3.63, 3.8) is 0 Å². The number of sulfonamides is 1. The monoisotopic (exact) mass is 417 g/mol. The normalized spacial score (nSPS) is 12.4. The molecule has 1 N–H and O–H groups in total. The van der Waals surface area contributed by atoms with E-state index in [4.69, 9.17) is 16.3 Å². The topological polar surface area (TPSA) is 66.8 Å². The first-order valence-electron chi connectivity index (χ1n) is 8.66. The van der Waals surface area contributed by atoms with Gasteiger partial charge in [-0.25, -0.2) is 8.42 Å². The number of hydrogen-bond donors (Lipinski definition) is 1. The first-order valence-corrected chi connectivity index (χ1v) is 10.5. The molecule has 3 rings (SSSR count). The van der Waals surface area contributed by atoms with Crippen LogP contribution in [0, 0.1) is 0 Å². The molecule has 0 radical (unpaired) electrons. The van der Waals surface area contributed by atoms with E-state index in [1.807, 2.05) is 0 Å². The summed E-state index contributed by atoms with van der Waals surface area (Å²) in [6.45, 7) is -0.204. The van der Waals surface area contributed by atoms with E-state index in [1.54, 1.807) is 72.8 Å². The Labute approximate surface area is 169 Å². The minimum Gasteiger partial charge on any atom is -0.491 e. The maximum Gasteiger partial charge on any atom is 0.264 e. The zero-order chi connectivity index (χ0) is 20.0. The molecule has 0 saturated carbocycles. The van der Waals surface area contributed by atoms with Gasteiger partial charge in [0.25, 0.3) is 10.0 Å². The van der Waals surface area contributed by atoms with Crippen molar-refractivity contribution in [2.45, 2.75) is 11.0 Å². The van der Waals surface area contributed by atoms with E-state index in [1.165, 1.54) is 16.4 Å². The van der Waals surface area contributed by atoms with E-state index in [2.05, 4.69) is 0 Å². The molecule has 0 saturated heterocycles. The Balaban J connectivity index is 1.79. The van der Waals surface area contributed by atoms with E-state index < -0.39 is 16.1 Å². The number of para-hydroxylation sites is 1. The molecule has 0 aliphatic rings. The van der Waals surface area contributed by atoms with Gasteiger partial charge in [-0.1, -0.05) is 48.0 Å². The van der Waals surface area contributed by atoms with Crippen LogP contribution >= 0.6 is 11.6 Å². The van der Waals surface area contributed by atoms with E-state index in [-0.39, 0.29) is 18.0 Å². The van der Waals surface area contributed by atoms with Crippen LogP contribution < -0.4 is 9.04 Å². The predicted octanol–water partition coefficient (Wildman–Crippen LogP) is 3.98. The number of anilines is 1. The van der Waals surface area contributed by atoms with Crippen molar-refractivity contribution in [1.29, 1.82) is 0 Å². The summed E-state index contributed by atoms with van der Waals surface area (Å²) in [7, 11) is -3.84. The summed E-state index contributed by atoms with van der Waals surface area (Å²) in [4.78, 5) is 0.157. The summed E-state index contributed by atoms with van der Waals surface area (Å²) < 4.78 is 33.0. The maximum atomic E-state index is 13.1. The second kappa shape index (κ2) is 9.10. The quantitative estimate of drug-likeness (QED) is 0.602. The van der Waals surface area contributed by atoms with Crippen LogP contribution in [-0.4, -0.2) is 32.8 Å². The molecule has 0 heterocycles. The summed E-state index contributed by atoms with van der Waals surface area (Å²) in [6, 6.07) is 23.5.